The van der Waals surface area contributed by atoms with E-state index in [1.54, 1.807) is 4.68 Å². The Bertz CT molecular complexity index is 577. The summed E-state index contributed by atoms with van der Waals surface area (Å²) in [4.78, 5) is 11.9. The summed E-state index contributed by atoms with van der Waals surface area (Å²) in [6.45, 7) is 1.08. The highest BCUT2D eigenvalue weighted by Gasteiger charge is 2.06. The van der Waals surface area contributed by atoms with Crippen LogP contribution in [0.25, 0.3) is 0 Å². The van der Waals surface area contributed by atoms with Crippen LogP contribution in [0.3, 0.4) is 0 Å². The van der Waals surface area contributed by atoms with Crippen LogP contribution < -0.4 is 11.1 Å². The van der Waals surface area contributed by atoms with E-state index in [0.717, 1.165) is 23.1 Å². The summed E-state index contributed by atoms with van der Waals surface area (Å²) >= 11 is 0. The SMILES string of the molecule is Cn1cc(CCNC(=O)Cc2ccccc2CN)cn1. The first kappa shape index (κ1) is 14.3. The first-order valence-electron chi connectivity index (χ1n) is 6.70. The first-order valence-corrected chi connectivity index (χ1v) is 6.70. The molecule has 0 unspecified atom stereocenters. The normalized spacial score (nSPS) is 10.5. The van der Waals surface area contributed by atoms with Crippen LogP contribution in [-0.2, 0) is 31.2 Å². The van der Waals surface area contributed by atoms with Crippen molar-refractivity contribution in [1.82, 2.24) is 15.1 Å². The summed E-state index contributed by atoms with van der Waals surface area (Å²) in [6, 6.07) is 7.77. The molecule has 0 aliphatic rings. The third-order valence-electron chi connectivity index (χ3n) is 3.18. The quantitative estimate of drug-likeness (QED) is 0.816. The van der Waals surface area contributed by atoms with Crippen molar-refractivity contribution >= 4 is 5.91 Å². The lowest BCUT2D eigenvalue weighted by Gasteiger charge is -2.08. The maximum atomic E-state index is 11.9. The van der Waals surface area contributed by atoms with Crippen LogP contribution in [0.5, 0.6) is 0 Å². The van der Waals surface area contributed by atoms with Gasteiger partial charge in [0.05, 0.1) is 12.6 Å². The number of aryl methyl sites for hydroxylation is 1. The highest BCUT2D eigenvalue weighted by molar-refractivity contribution is 5.78. The molecule has 0 fully saturated rings. The number of amides is 1. The van der Waals surface area contributed by atoms with Crippen molar-refractivity contribution in [2.75, 3.05) is 6.54 Å². The molecule has 1 aromatic heterocycles. The van der Waals surface area contributed by atoms with Crippen LogP contribution in [-0.4, -0.2) is 22.2 Å². The van der Waals surface area contributed by atoms with E-state index in [-0.39, 0.29) is 5.91 Å². The van der Waals surface area contributed by atoms with Gasteiger partial charge in [0.25, 0.3) is 0 Å². The number of hydrogen-bond donors (Lipinski definition) is 2. The predicted molar refractivity (Wildman–Crippen MR) is 78.0 cm³/mol. The number of benzene rings is 1. The zero-order valence-corrected chi connectivity index (χ0v) is 11.7. The van der Waals surface area contributed by atoms with E-state index in [1.165, 1.54) is 0 Å². The Morgan fingerprint density at radius 1 is 1.35 bits per heavy atom. The Kier molecular flexibility index (Phi) is 4.90. The highest BCUT2D eigenvalue weighted by atomic mass is 16.1. The number of nitrogens with one attached hydrogen (secondary N) is 1. The van der Waals surface area contributed by atoms with E-state index < -0.39 is 0 Å². The lowest BCUT2D eigenvalue weighted by molar-refractivity contribution is -0.120. The first-order chi connectivity index (χ1) is 9.69. The van der Waals surface area contributed by atoms with Crippen molar-refractivity contribution < 1.29 is 4.79 Å². The summed E-state index contributed by atoms with van der Waals surface area (Å²) in [5, 5.41) is 7.02. The minimum atomic E-state index is 0.0230. The summed E-state index contributed by atoms with van der Waals surface area (Å²) in [5.41, 5.74) is 8.80. The van der Waals surface area contributed by atoms with Crippen molar-refractivity contribution in [1.29, 1.82) is 0 Å². The average molecular weight is 272 g/mol. The van der Waals surface area contributed by atoms with Gasteiger partial charge >= 0.3 is 0 Å². The standard InChI is InChI=1S/C15H20N4O/c1-19-11-12(10-18-19)6-7-17-15(20)8-13-4-2-3-5-14(13)9-16/h2-5,10-11H,6-9,16H2,1H3,(H,17,20). The topological polar surface area (TPSA) is 72.9 Å². The van der Waals surface area contributed by atoms with Crippen LogP contribution in [0, 0.1) is 0 Å². The molecule has 2 rings (SSSR count). The van der Waals surface area contributed by atoms with Crippen molar-refractivity contribution in [3.63, 3.8) is 0 Å². The lowest BCUT2D eigenvalue weighted by Crippen LogP contribution is -2.27. The van der Waals surface area contributed by atoms with E-state index in [2.05, 4.69) is 10.4 Å². The molecule has 2 aromatic rings. The lowest BCUT2D eigenvalue weighted by atomic mass is 10.0. The van der Waals surface area contributed by atoms with E-state index in [4.69, 9.17) is 5.73 Å². The van der Waals surface area contributed by atoms with Crippen molar-refractivity contribution in [3.8, 4) is 0 Å². The second kappa shape index (κ2) is 6.86. The number of aromatic nitrogens is 2. The molecule has 0 spiro atoms. The van der Waals surface area contributed by atoms with Crippen molar-refractivity contribution in [2.45, 2.75) is 19.4 Å². The van der Waals surface area contributed by atoms with Gasteiger partial charge in [-0.25, -0.2) is 0 Å². The van der Waals surface area contributed by atoms with Gasteiger partial charge in [-0.1, -0.05) is 24.3 Å². The molecule has 1 aromatic carbocycles. The molecule has 0 saturated carbocycles. The molecule has 0 aliphatic carbocycles. The minimum Gasteiger partial charge on any atom is -0.355 e. The van der Waals surface area contributed by atoms with Crippen LogP contribution >= 0.6 is 0 Å². The van der Waals surface area contributed by atoms with E-state index in [9.17, 15) is 4.79 Å². The van der Waals surface area contributed by atoms with Crippen LogP contribution in [0.15, 0.2) is 36.7 Å². The van der Waals surface area contributed by atoms with Crippen LogP contribution in [0.2, 0.25) is 0 Å². The van der Waals surface area contributed by atoms with E-state index in [0.29, 0.717) is 19.5 Å². The smallest absolute Gasteiger partial charge is 0.224 e. The monoisotopic (exact) mass is 272 g/mol. The zero-order chi connectivity index (χ0) is 14.4. The molecule has 0 aliphatic heterocycles. The van der Waals surface area contributed by atoms with Gasteiger partial charge in [0.2, 0.25) is 5.91 Å². The van der Waals surface area contributed by atoms with E-state index in [1.807, 2.05) is 43.7 Å². The molecule has 0 saturated heterocycles. The maximum Gasteiger partial charge on any atom is 0.224 e. The number of carbonyl (C=O) groups is 1. The fourth-order valence-electron chi connectivity index (χ4n) is 2.11. The Morgan fingerprint density at radius 3 is 2.75 bits per heavy atom. The second-order valence-corrected chi connectivity index (χ2v) is 4.77. The zero-order valence-electron chi connectivity index (χ0n) is 11.7. The summed E-state index contributed by atoms with van der Waals surface area (Å²) in [5.74, 6) is 0.0230. The van der Waals surface area contributed by atoms with E-state index >= 15 is 0 Å². The highest BCUT2D eigenvalue weighted by Crippen LogP contribution is 2.08. The Labute approximate surface area is 118 Å². The number of nitrogens with zero attached hydrogens (tertiary/aromatic N) is 2. The van der Waals surface area contributed by atoms with Gasteiger partial charge in [-0.05, 0) is 23.1 Å². The van der Waals surface area contributed by atoms with Gasteiger partial charge in [0, 0.05) is 26.3 Å². The fourth-order valence-corrected chi connectivity index (χ4v) is 2.11. The van der Waals surface area contributed by atoms with Crippen LogP contribution in [0.1, 0.15) is 16.7 Å². The number of nitrogens with two attached hydrogens (primary N) is 1. The molecule has 20 heavy (non-hydrogen) atoms. The summed E-state index contributed by atoms with van der Waals surface area (Å²) in [7, 11) is 1.88. The molecule has 0 radical (unpaired) electrons. The third-order valence-corrected chi connectivity index (χ3v) is 3.18. The predicted octanol–water partition coefficient (Wildman–Crippen LogP) is 0.780. The average Bonchev–Trinajstić information content (AvgIpc) is 2.85. The number of hydrogen-bond acceptors (Lipinski definition) is 3. The Balaban J connectivity index is 1.80. The van der Waals surface area contributed by atoms with Crippen LogP contribution in [0.4, 0.5) is 0 Å². The van der Waals surface area contributed by atoms with Gasteiger partial charge in [-0.15, -0.1) is 0 Å². The van der Waals surface area contributed by atoms with Crippen molar-refractivity contribution in [2.24, 2.45) is 12.8 Å². The molecule has 3 N–H and O–H groups in total. The maximum absolute atomic E-state index is 11.9. The minimum absolute atomic E-state index is 0.0230. The largest absolute Gasteiger partial charge is 0.355 e. The fraction of sp³-hybridized carbons (Fsp3) is 0.333. The molecular formula is C15H20N4O. The molecule has 5 heteroatoms. The Hall–Kier alpha value is -2.14. The van der Waals surface area contributed by atoms with Gasteiger partial charge in [0.1, 0.15) is 0 Å². The molecule has 0 atom stereocenters. The van der Waals surface area contributed by atoms with Gasteiger partial charge in [0.15, 0.2) is 0 Å². The van der Waals surface area contributed by atoms with Gasteiger partial charge in [-0.3, -0.25) is 9.48 Å². The molecule has 1 heterocycles. The summed E-state index contributed by atoms with van der Waals surface area (Å²) in [6.07, 6.45) is 4.93. The van der Waals surface area contributed by atoms with Crippen molar-refractivity contribution in [3.05, 3.63) is 53.3 Å². The molecule has 0 bridgehead atoms. The molecular weight excluding hydrogens is 252 g/mol. The van der Waals surface area contributed by atoms with Gasteiger partial charge in [-0.2, -0.15) is 5.10 Å². The Morgan fingerprint density at radius 2 is 2.10 bits per heavy atom. The molecule has 5 nitrogen and oxygen atoms in total. The summed E-state index contributed by atoms with van der Waals surface area (Å²) < 4.78 is 1.76. The van der Waals surface area contributed by atoms with Gasteiger partial charge < -0.3 is 11.1 Å². The molecule has 1 amide bonds. The molecule has 106 valence electrons. The number of rotatable bonds is 6. The number of carbonyl (C=O) groups excluding carboxylic acids is 1. The second-order valence-electron chi connectivity index (χ2n) is 4.77. The third kappa shape index (κ3) is 3.93.